The summed E-state index contributed by atoms with van der Waals surface area (Å²) in [6.45, 7) is 10.7. The third-order valence-corrected chi connectivity index (χ3v) is 2.67. The van der Waals surface area contributed by atoms with Crippen molar-refractivity contribution in [2.24, 2.45) is 11.8 Å². The second-order valence-corrected chi connectivity index (χ2v) is 5.01. The molecule has 0 bridgehead atoms. The Kier molecular flexibility index (Phi) is 5.96. The van der Waals surface area contributed by atoms with Crippen LogP contribution < -0.4 is 5.32 Å². The zero-order chi connectivity index (χ0) is 11.1. The highest BCUT2D eigenvalue weighted by molar-refractivity contribution is 5.03. The molecule has 0 aromatic rings. The molecule has 1 fully saturated rings. The fourth-order valence-corrected chi connectivity index (χ4v) is 1.92. The van der Waals surface area contributed by atoms with Gasteiger partial charge in [-0.2, -0.15) is 0 Å². The summed E-state index contributed by atoms with van der Waals surface area (Å²) in [6, 6.07) is 0. The lowest BCUT2D eigenvalue weighted by atomic mass is 9.99. The summed E-state index contributed by atoms with van der Waals surface area (Å²) in [5.41, 5.74) is 1.45. The maximum atomic E-state index is 5.46. The van der Waals surface area contributed by atoms with E-state index in [4.69, 9.17) is 4.74 Å². The van der Waals surface area contributed by atoms with Crippen molar-refractivity contribution >= 4 is 0 Å². The minimum Gasteiger partial charge on any atom is -0.381 e. The SMILES string of the molecule is CC(=CC1CCCOC1)CNCC(C)C. The van der Waals surface area contributed by atoms with Gasteiger partial charge in [0.15, 0.2) is 0 Å². The fourth-order valence-electron chi connectivity index (χ4n) is 1.92. The maximum absolute atomic E-state index is 5.46. The van der Waals surface area contributed by atoms with Crippen LogP contribution in [-0.2, 0) is 4.74 Å². The molecule has 88 valence electrons. The van der Waals surface area contributed by atoms with Crippen molar-refractivity contribution in [1.82, 2.24) is 5.32 Å². The molecule has 1 heterocycles. The van der Waals surface area contributed by atoms with Crippen LogP contribution in [0.1, 0.15) is 33.6 Å². The first kappa shape index (κ1) is 12.7. The van der Waals surface area contributed by atoms with Crippen molar-refractivity contribution < 1.29 is 4.74 Å². The van der Waals surface area contributed by atoms with Gasteiger partial charge in [-0.25, -0.2) is 0 Å². The van der Waals surface area contributed by atoms with Crippen LogP contribution in [0.15, 0.2) is 11.6 Å². The fraction of sp³-hybridized carbons (Fsp3) is 0.846. The highest BCUT2D eigenvalue weighted by Gasteiger charge is 2.10. The van der Waals surface area contributed by atoms with Gasteiger partial charge >= 0.3 is 0 Å². The van der Waals surface area contributed by atoms with Gasteiger partial charge in [0.2, 0.25) is 0 Å². The Morgan fingerprint density at radius 2 is 2.33 bits per heavy atom. The van der Waals surface area contributed by atoms with E-state index in [-0.39, 0.29) is 0 Å². The average Bonchev–Trinajstić information content (AvgIpc) is 2.18. The molecule has 0 aromatic heterocycles. The molecule has 0 aliphatic carbocycles. The van der Waals surface area contributed by atoms with Crippen LogP contribution in [0.4, 0.5) is 0 Å². The number of ether oxygens (including phenoxy) is 1. The lowest BCUT2D eigenvalue weighted by Gasteiger charge is -2.20. The molecule has 2 heteroatoms. The van der Waals surface area contributed by atoms with Crippen molar-refractivity contribution in [3.05, 3.63) is 11.6 Å². The Bertz CT molecular complexity index is 193. The Morgan fingerprint density at radius 1 is 1.53 bits per heavy atom. The zero-order valence-corrected chi connectivity index (χ0v) is 10.4. The smallest absolute Gasteiger partial charge is 0.0528 e. The summed E-state index contributed by atoms with van der Waals surface area (Å²) in [4.78, 5) is 0. The second kappa shape index (κ2) is 7.02. The van der Waals surface area contributed by atoms with Crippen molar-refractivity contribution in [3.8, 4) is 0 Å². The molecular formula is C13H25NO. The first-order valence-electron chi connectivity index (χ1n) is 6.14. The quantitative estimate of drug-likeness (QED) is 0.706. The third-order valence-electron chi connectivity index (χ3n) is 2.67. The molecule has 1 atom stereocenters. The molecular weight excluding hydrogens is 186 g/mol. The topological polar surface area (TPSA) is 21.3 Å². The first-order valence-corrected chi connectivity index (χ1v) is 6.14. The number of nitrogens with one attached hydrogen (secondary N) is 1. The van der Waals surface area contributed by atoms with Crippen molar-refractivity contribution in [1.29, 1.82) is 0 Å². The van der Waals surface area contributed by atoms with Crippen molar-refractivity contribution in [2.75, 3.05) is 26.3 Å². The Balaban J connectivity index is 2.19. The van der Waals surface area contributed by atoms with Crippen molar-refractivity contribution in [3.63, 3.8) is 0 Å². The largest absolute Gasteiger partial charge is 0.381 e. The van der Waals surface area contributed by atoms with Gasteiger partial charge in [-0.3, -0.25) is 0 Å². The standard InChI is InChI=1S/C13H25NO/c1-11(2)8-14-9-12(3)7-13-5-4-6-15-10-13/h7,11,13-14H,4-6,8-10H2,1-3H3. The normalized spacial score (nSPS) is 23.5. The molecule has 15 heavy (non-hydrogen) atoms. The van der Waals surface area contributed by atoms with E-state index in [0.29, 0.717) is 5.92 Å². The maximum Gasteiger partial charge on any atom is 0.0528 e. The number of rotatable bonds is 5. The highest BCUT2D eigenvalue weighted by Crippen LogP contribution is 2.16. The Labute approximate surface area is 94.1 Å². The van der Waals surface area contributed by atoms with E-state index >= 15 is 0 Å². The van der Waals surface area contributed by atoms with Crippen LogP contribution in [0.2, 0.25) is 0 Å². The second-order valence-electron chi connectivity index (χ2n) is 5.01. The van der Waals surface area contributed by atoms with Crippen LogP contribution in [0.25, 0.3) is 0 Å². The molecule has 1 aliphatic rings. The third kappa shape index (κ3) is 5.95. The predicted molar refractivity (Wildman–Crippen MR) is 65.0 cm³/mol. The van der Waals surface area contributed by atoms with Gasteiger partial charge in [0, 0.05) is 19.1 Å². The summed E-state index contributed by atoms with van der Waals surface area (Å²) >= 11 is 0. The summed E-state index contributed by atoms with van der Waals surface area (Å²) in [6.07, 6.45) is 4.89. The van der Waals surface area contributed by atoms with Gasteiger partial charge in [0.25, 0.3) is 0 Å². The van der Waals surface area contributed by atoms with Crippen molar-refractivity contribution in [2.45, 2.75) is 33.6 Å². The van der Waals surface area contributed by atoms with Crippen LogP contribution in [0.5, 0.6) is 0 Å². The predicted octanol–water partition coefficient (Wildman–Crippen LogP) is 2.60. The molecule has 1 aliphatic heterocycles. The van der Waals surface area contributed by atoms with Gasteiger partial charge in [-0.05, 0) is 32.2 Å². The average molecular weight is 211 g/mol. The number of hydrogen-bond acceptors (Lipinski definition) is 2. The monoisotopic (exact) mass is 211 g/mol. The van der Waals surface area contributed by atoms with E-state index in [0.717, 1.165) is 32.2 Å². The zero-order valence-electron chi connectivity index (χ0n) is 10.4. The van der Waals surface area contributed by atoms with E-state index in [9.17, 15) is 0 Å². The highest BCUT2D eigenvalue weighted by atomic mass is 16.5. The van der Waals surface area contributed by atoms with E-state index in [2.05, 4.69) is 32.2 Å². The van der Waals surface area contributed by atoms with Crippen LogP contribution in [0, 0.1) is 11.8 Å². The molecule has 0 saturated carbocycles. The molecule has 0 spiro atoms. The lowest BCUT2D eigenvalue weighted by Crippen LogP contribution is -2.22. The lowest BCUT2D eigenvalue weighted by molar-refractivity contribution is 0.0707. The van der Waals surface area contributed by atoms with Gasteiger partial charge in [-0.15, -0.1) is 0 Å². The summed E-state index contributed by atoms with van der Waals surface area (Å²) in [7, 11) is 0. The van der Waals surface area contributed by atoms with Gasteiger partial charge in [-0.1, -0.05) is 25.5 Å². The molecule has 1 saturated heterocycles. The molecule has 1 N–H and O–H groups in total. The van der Waals surface area contributed by atoms with E-state index in [1.807, 2.05) is 0 Å². The van der Waals surface area contributed by atoms with Crippen LogP contribution in [0.3, 0.4) is 0 Å². The van der Waals surface area contributed by atoms with Gasteiger partial charge in [0.05, 0.1) is 6.61 Å². The first-order chi connectivity index (χ1) is 7.18. The Morgan fingerprint density at radius 3 is 2.93 bits per heavy atom. The van der Waals surface area contributed by atoms with E-state index in [1.165, 1.54) is 18.4 Å². The molecule has 0 amide bonds. The number of hydrogen-bond donors (Lipinski definition) is 1. The molecule has 1 rings (SSSR count). The minimum absolute atomic E-state index is 0.652. The molecule has 0 aromatic carbocycles. The Hall–Kier alpha value is -0.340. The van der Waals surface area contributed by atoms with Crippen LogP contribution >= 0.6 is 0 Å². The molecule has 2 nitrogen and oxygen atoms in total. The summed E-state index contributed by atoms with van der Waals surface area (Å²) < 4.78 is 5.46. The minimum atomic E-state index is 0.652. The van der Waals surface area contributed by atoms with Gasteiger partial charge in [0.1, 0.15) is 0 Å². The van der Waals surface area contributed by atoms with Crippen LogP contribution in [-0.4, -0.2) is 26.3 Å². The summed E-state index contributed by atoms with van der Waals surface area (Å²) in [5.74, 6) is 1.38. The van der Waals surface area contributed by atoms with E-state index in [1.54, 1.807) is 0 Å². The summed E-state index contributed by atoms with van der Waals surface area (Å²) in [5, 5.41) is 3.47. The van der Waals surface area contributed by atoms with E-state index < -0.39 is 0 Å². The van der Waals surface area contributed by atoms with Gasteiger partial charge < -0.3 is 10.1 Å². The molecule has 1 unspecified atom stereocenters. The molecule has 0 radical (unpaired) electrons.